The smallest absolute Gasteiger partial charge is 0.115 e. The van der Waals surface area contributed by atoms with E-state index in [9.17, 15) is 0 Å². The van der Waals surface area contributed by atoms with Crippen molar-refractivity contribution in [3.05, 3.63) is 336 Å². The molecule has 624 valence electrons. The first-order valence-electron chi connectivity index (χ1n) is 44.9. The molecular formula is C113H151N3O. The molecule has 0 amide bonds. The first kappa shape index (κ1) is 96.3. The van der Waals surface area contributed by atoms with Crippen molar-refractivity contribution in [1.29, 1.82) is 0 Å². The number of hydrogen-bond donors (Lipinski definition) is 3. The van der Waals surface area contributed by atoms with E-state index in [0.29, 0.717) is 11.7 Å². The number of nitrogens with one attached hydrogen (secondary N) is 2. The van der Waals surface area contributed by atoms with Gasteiger partial charge in [-0.1, -0.05) is 412 Å². The van der Waals surface area contributed by atoms with Gasteiger partial charge in [-0.05, 0) is 244 Å². The highest BCUT2D eigenvalue weighted by Gasteiger charge is 2.14. The third kappa shape index (κ3) is 41.0. The normalized spacial score (nSPS) is 11.8. The fraction of sp³-hybridized carbons (Fsp3) is 0.407. The van der Waals surface area contributed by atoms with E-state index in [2.05, 4.69) is 394 Å². The molecule has 2 heterocycles. The van der Waals surface area contributed by atoms with Crippen LogP contribution < -0.4 is 0 Å². The highest BCUT2D eigenvalue weighted by atomic mass is 16.3. The molecule has 117 heavy (non-hydrogen) atoms. The molecule has 2 aromatic heterocycles. The predicted octanol–water partition coefficient (Wildman–Crippen LogP) is 32.8. The number of rotatable bonds is 24. The molecule has 0 radical (unpaired) electrons. The maximum Gasteiger partial charge on any atom is 0.115 e. The lowest BCUT2D eigenvalue weighted by Gasteiger charge is -2.22. The number of H-pyrrole nitrogens is 2. The summed E-state index contributed by atoms with van der Waals surface area (Å²) in [6, 6.07) is 96.1. The van der Waals surface area contributed by atoms with E-state index in [4.69, 9.17) is 5.11 Å². The Hall–Kier alpha value is -9.51. The summed E-state index contributed by atoms with van der Waals surface area (Å²) in [5.41, 5.74) is 17.7. The fourth-order valence-electron chi connectivity index (χ4n) is 14.5. The summed E-state index contributed by atoms with van der Waals surface area (Å²) in [6.07, 6.45) is 29.1. The summed E-state index contributed by atoms with van der Waals surface area (Å²) in [5, 5.41) is 15.9. The van der Waals surface area contributed by atoms with Crippen molar-refractivity contribution >= 4 is 32.4 Å². The van der Waals surface area contributed by atoms with Crippen molar-refractivity contribution in [2.45, 2.75) is 240 Å². The minimum atomic E-state index is 0.350. The fourth-order valence-corrected chi connectivity index (χ4v) is 14.5. The van der Waals surface area contributed by atoms with Crippen molar-refractivity contribution in [2.24, 2.45) is 59.2 Å². The van der Waals surface area contributed by atoms with Crippen LogP contribution >= 0.6 is 0 Å². The maximum absolute atomic E-state index is 9.03. The largest absolute Gasteiger partial charge is 0.508 e. The minimum absolute atomic E-state index is 0.350. The molecule has 14 rings (SSSR count). The molecule has 1 aliphatic rings. The Balaban J connectivity index is 0.000000206. The number of aromatic nitrogens is 3. The second-order valence-electron chi connectivity index (χ2n) is 36.3. The van der Waals surface area contributed by atoms with Crippen LogP contribution in [0.3, 0.4) is 0 Å². The zero-order valence-electron chi connectivity index (χ0n) is 75.6. The molecule has 11 aromatic carbocycles. The van der Waals surface area contributed by atoms with E-state index in [1.165, 1.54) is 189 Å². The average Bonchev–Trinajstić information content (AvgIpc) is 1.71. The topological polar surface area (TPSA) is 64.7 Å². The molecule has 0 spiro atoms. The number of imidazole rings is 1. The number of aromatic hydroxyl groups is 1. The van der Waals surface area contributed by atoms with Crippen molar-refractivity contribution in [2.75, 3.05) is 0 Å². The number of nitrogens with zero attached hydrogens (tertiary/aromatic N) is 1. The number of phenolic OH excluding ortho intramolecular Hbond substituents is 1. The van der Waals surface area contributed by atoms with Gasteiger partial charge in [-0.3, -0.25) is 0 Å². The van der Waals surface area contributed by atoms with Gasteiger partial charge in [0.25, 0.3) is 0 Å². The monoisotopic (exact) mass is 1570 g/mol. The number of phenols is 1. The Kier molecular flexibility index (Phi) is 45.5. The SMILES string of the molecule is CC(C)CC1CCCCC1.CC(C)CCc1ccc(-c2ccccc2)cc1.CC(C)CCc1ccc(O)cc1.CC(C)CCc1ccc2ccccc2c1.CC(C)CCc1ccccc1.CC(C)Cc1c[nH]c2ccccc12.CC(C)Cc1ccc(-c2ccccc2)cc1.CC(C)Cc1cccc2ccccc12.CC(C)Cc1cnc[nH]1. The number of para-hydroxylation sites is 1. The second kappa shape index (κ2) is 55.2. The maximum atomic E-state index is 9.03. The Morgan fingerprint density at radius 2 is 0.709 bits per heavy atom. The first-order valence-corrected chi connectivity index (χ1v) is 44.9. The third-order valence-electron chi connectivity index (χ3n) is 20.9. The van der Waals surface area contributed by atoms with E-state index < -0.39 is 0 Å². The second-order valence-corrected chi connectivity index (χ2v) is 36.3. The Bertz CT molecular complexity index is 4610. The molecular weight excluding hydrogens is 1420 g/mol. The van der Waals surface area contributed by atoms with Gasteiger partial charge >= 0.3 is 0 Å². The minimum Gasteiger partial charge on any atom is -0.508 e. The van der Waals surface area contributed by atoms with Gasteiger partial charge < -0.3 is 15.1 Å². The molecule has 0 unspecified atom stereocenters. The van der Waals surface area contributed by atoms with Crippen LogP contribution in [-0.4, -0.2) is 20.1 Å². The van der Waals surface area contributed by atoms with Gasteiger partial charge in [0.2, 0.25) is 0 Å². The van der Waals surface area contributed by atoms with Gasteiger partial charge in [0.15, 0.2) is 0 Å². The lowest BCUT2D eigenvalue weighted by atomic mass is 9.84. The Labute approximate surface area is 711 Å². The van der Waals surface area contributed by atoms with Crippen molar-refractivity contribution in [3.8, 4) is 28.0 Å². The highest BCUT2D eigenvalue weighted by Crippen LogP contribution is 2.30. The highest BCUT2D eigenvalue weighted by molar-refractivity contribution is 5.86. The van der Waals surface area contributed by atoms with Gasteiger partial charge in [0, 0.05) is 29.0 Å². The van der Waals surface area contributed by atoms with Crippen LogP contribution in [0.5, 0.6) is 5.75 Å². The quantitative estimate of drug-likeness (QED) is 0.0564. The summed E-state index contributed by atoms with van der Waals surface area (Å²) in [5.74, 6) is 8.36. The van der Waals surface area contributed by atoms with Crippen LogP contribution in [0.15, 0.2) is 292 Å². The van der Waals surface area contributed by atoms with Crippen LogP contribution in [0, 0.1) is 59.2 Å². The number of fused-ring (bicyclic) bond motifs is 3. The van der Waals surface area contributed by atoms with E-state index in [1.54, 1.807) is 18.5 Å². The Morgan fingerprint density at radius 1 is 0.308 bits per heavy atom. The van der Waals surface area contributed by atoms with E-state index in [-0.39, 0.29) is 0 Å². The van der Waals surface area contributed by atoms with Gasteiger partial charge in [0.05, 0.1) is 6.33 Å². The molecule has 4 nitrogen and oxygen atoms in total. The van der Waals surface area contributed by atoms with Crippen LogP contribution in [-0.2, 0) is 51.4 Å². The molecule has 1 fully saturated rings. The number of aromatic amines is 2. The number of benzene rings is 11. The molecule has 0 atom stereocenters. The first-order chi connectivity index (χ1) is 56.3. The average molecular weight is 1570 g/mol. The van der Waals surface area contributed by atoms with E-state index >= 15 is 0 Å². The van der Waals surface area contributed by atoms with Crippen molar-refractivity contribution in [3.63, 3.8) is 0 Å². The van der Waals surface area contributed by atoms with Gasteiger partial charge in [-0.15, -0.1) is 0 Å². The van der Waals surface area contributed by atoms with Crippen LogP contribution in [0.1, 0.15) is 233 Å². The molecule has 0 aliphatic heterocycles. The summed E-state index contributed by atoms with van der Waals surface area (Å²) in [6.45, 7) is 40.7. The lowest BCUT2D eigenvalue weighted by Crippen LogP contribution is -2.08. The van der Waals surface area contributed by atoms with Gasteiger partial charge in [-0.25, -0.2) is 4.98 Å². The van der Waals surface area contributed by atoms with Crippen LogP contribution in [0.2, 0.25) is 0 Å². The van der Waals surface area contributed by atoms with Crippen LogP contribution in [0.25, 0.3) is 54.7 Å². The van der Waals surface area contributed by atoms with Crippen molar-refractivity contribution in [1.82, 2.24) is 15.0 Å². The summed E-state index contributed by atoms with van der Waals surface area (Å²) in [4.78, 5) is 10.3. The van der Waals surface area contributed by atoms with Crippen LogP contribution in [0.4, 0.5) is 0 Å². The molecule has 1 aliphatic carbocycles. The number of hydrogen-bond acceptors (Lipinski definition) is 2. The zero-order chi connectivity index (χ0) is 84.5. The molecule has 13 aromatic rings. The van der Waals surface area contributed by atoms with E-state index in [1.807, 2.05) is 18.3 Å². The molecule has 0 bridgehead atoms. The Morgan fingerprint density at radius 3 is 1.20 bits per heavy atom. The zero-order valence-corrected chi connectivity index (χ0v) is 75.6. The summed E-state index contributed by atoms with van der Waals surface area (Å²) >= 11 is 0. The molecule has 1 saturated carbocycles. The number of aryl methyl sites for hydroxylation is 4. The molecule has 0 saturated heterocycles. The predicted molar refractivity (Wildman–Crippen MR) is 516 cm³/mol. The summed E-state index contributed by atoms with van der Waals surface area (Å²) in [7, 11) is 0. The van der Waals surface area contributed by atoms with Gasteiger partial charge in [-0.2, -0.15) is 0 Å². The standard InChI is InChI=1S/C17H20.C16H18.C15H18.C14H16.C12H15N.C11H16O.C11H16.C10H20.C7H12N2/c1-14(2)8-9-15-10-12-17(13-11-15)16-6-4-3-5-7-16;1-13(2)12-14-8-10-16(11-9-14)15-6-4-3-5-7-15;1-12(2)7-8-13-9-10-14-5-3-4-6-15(14)11-13;1-11(2)10-13-8-5-7-12-6-3-4-9-14(12)13;1-9(2)7-10-8-13-12-6-4-3-5-11(10)12;1-9(2)3-4-10-5-7-11(12)8-6-10;1-10(2)8-9-11-6-4-3-5-7-11;1-9(2)8-10-6-4-3-5-7-10;1-6(2)3-7-4-8-5-9-7/h3-7,10-14H,8-9H2,1-2H3;3-11,13H,12H2,1-2H3;3-6,9-12H,7-8H2,1-2H3;3-9,11H,10H2,1-2H3;3-6,8-9,13H,7H2,1-2H3;5-9,12H,3-4H2,1-2H3;3-7,10H,8-9H2,1-2H3;9-10H,3-8H2,1-2H3;4-6H,3H2,1-2H3,(H,8,9). The van der Waals surface area contributed by atoms with Gasteiger partial charge in [0.1, 0.15) is 5.75 Å². The van der Waals surface area contributed by atoms with E-state index in [0.717, 1.165) is 78.9 Å². The summed E-state index contributed by atoms with van der Waals surface area (Å²) < 4.78 is 0. The van der Waals surface area contributed by atoms with Crippen molar-refractivity contribution < 1.29 is 5.11 Å². The molecule has 3 N–H and O–H groups in total. The third-order valence-corrected chi connectivity index (χ3v) is 20.9. The molecule has 4 heteroatoms. The lowest BCUT2D eigenvalue weighted by molar-refractivity contribution is 0.305.